The molecule has 0 spiro atoms. The summed E-state index contributed by atoms with van der Waals surface area (Å²) < 4.78 is 17.1. The minimum absolute atomic E-state index is 0. The van der Waals surface area contributed by atoms with Gasteiger partial charge >= 0.3 is 125 Å². The summed E-state index contributed by atoms with van der Waals surface area (Å²) in [6.07, 6.45) is 0. The molecule has 0 bridgehead atoms. The summed E-state index contributed by atoms with van der Waals surface area (Å²) in [5.74, 6) is -3.65. The van der Waals surface area contributed by atoms with Crippen molar-refractivity contribution in [2.45, 2.75) is 0 Å². The Balaban J connectivity index is -0.0000000311. The molecule has 2 N–H and O–H groups in total. The van der Waals surface area contributed by atoms with Crippen molar-refractivity contribution < 1.29 is 58.3 Å². The summed E-state index contributed by atoms with van der Waals surface area (Å²) in [5, 5.41) is 14.8. The first-order chi connectivity index (χ1) is 6.64. The number of aliphatic carboxylic acids is 2. The van der Waals surface area contributed by atoms with Crippen molar-refractivity contribution in [3.05, 3.63) is 0 Å². The molecule has 0 unspecified atom stereocenters. The Bertz CT molecular complexity index is 268. The maximum absolute atomic E-state index is 9.10. The van der Waals surface area contributed by atoms with Gasteiger partial charge in [-0.15, -0.1) is 0 Å². The van der Waals surface area contributed by atoms with Crippen molar-refractivity contribution in [3.8, 4) is 0 Å². The molecule has 0 aliphatic rings. The molecule has 0 heterocycles. The average molecular weight is 400 g/mol. The maximum Gasteiger partial charge on any atom is 2.00 e. The van der Waals surface area contributed by atoms with Gasteiger partial charge in [-0.1, -0.05) is 0 Å². The predicted molar refractivity (Wildman–Crippen MR) is 47.7 cm³/mol. The third kappa shape index (κ3) is 156. The van der Waals surface area contributed by atoms with Gasteiger partial charge in [0.15, 0.2) is 0 Å². The van der Waals surface area contributed by atoms with Crippen molar-refractivity contribution in [1.82, 2.24) is 0 Å². The van der Waals surface area contributed by atoms with Crippen LogP contribution in [-0.2, 0) is 18.7 Å². The van der Waals surface area contributed by atoms with Gasteiger partial charge in [-0.05, 0) is 0 Å². The van der Waals surface area contributed by atoms with Crippen LogP contribution in [0.5, 0.6) is 0 Å². The smallest absolute Gasteiger partial charge is 0.822 e. The van der Waals surface area contributed by atoms with E-state index in [1.54, 1.807) is 0 Å². The van der Waals surface area contributed by atoms with Crippen molar-refractivity contribution in [2.24, 2.45) is 0 Å². The molecule has 0 aromatic heterocycles. The molecule has 17 heteroatoms. The molecule has 0 aromatic carbocycles. The number of rotatable bonds is 0. The van der Waals surface area contributed by atoms with E-state index in [1.165, 1.54) is 0 Å². The van der Waals surface area contributed by atoms with E-state index in [2.05, 4.69) is 0 Å². The van der Waals surface area contributed by atoms with Crippen LogP contribution in [0.3, 0.4) is 0 Å². The van der Waals surface area contributed by atoms with E-state index < -0.39 is 27.6 Å². The van der Waals surface area contributed by atoms with E-state index in [1.807, 2.05) is 0 Å². The van der Waals surface area contributed by atoms with Gasteiger partial charge in [-0.2, -0.15) is 15.6 Å². The second kappa shape index (κ2) is 19.0. The van der Waals surface area contributed by atoms with Gasteiger partial charge in [0, 0.05) is 0 Å². The molecule has 98 valence electrons. The van der Waals surface area contributed by atoms with E-state index >= 15 is 0 Å². The Morgan fingerprint density at radius 1 is 0.632 bits per heavy atom. The quantitative estimate of drug-likeness (QED) is 0.218. The molecule has 0 saturated carbocycles. The largest absolute Gasteiger partial charge is 2.00 e. The fraction of sp³-hybridized carbons (Fsp3) is 0. The summed E-state index contributed by atoms with van der Waals surface area (Å²) in [5.41, 5.74) is 0. The minimum atomic E-state index is -5.39. The first-order valence-corrected chi connectivity index (χ1v) is 5.49. The summed E-state index contributed by atoms with van der Waals surface area (Å²) in [6, 6.07) is 0. The van der Waals surface area contributed by atoms with Crippen LogP contribution in [-0.4, -0.2) is 135 Å². The normalized spacial score (nSPS) is 8.53. The third-order valence-corrected chi connectivity index (χ3v) is 0.183. The van der Waals surface area contributed by atoms with Crippen molar-refractivity contribution in [1.29, 1.82) is 0 Å². The van der Waals surface area contributed by atoms with Crippen molar-refractivity contribution in [3.63, 3.8) is 0 Å². The van der Waals surface area contributed by atoms with E-state index in [9.17, 15) is 0 Å². The number of carboxylic acid groups (broad SMARTS) is 2. The monoisotopic (exact) mass is 400 g/mol. The van der Waals surface area contributed by atoms with Gasteiger partial charge in [0.05, 0.1) is 0 Å². The molecule has 0 amide bonds. The molecule has 19 heavy (non-hydrogen) atoms. The standard InChI is InChI=1S/C2H2O4.3Ca.2H3O4P/c3-1(4)2(5)6;;;;2*1-5(2,3)4/h(H,3,4)(H,5,6);;;;2*(H3,1,2,3,4)/q;3*+2;;/p-6. The summed E-state index contributed by atoms with van der Waals surface area (Å²) in [7, 11) is -10.8. The number of carbonyl (C=O) groups is 2. The van der Waals surface area contributed by atoms with Crippen molar-refractivity contribution >= 4 is 141 Å². The van der Waals surface area contributed by atoms with Gasteiger partial charge in [-0.25, -0.2) is 9.59 Å². The number of phosphoric acid groups is 2. The Kier molecular flexibility index (Phi) is 37.8. The molecule has 0 aliphatic carbocycles. The molecule has 0 radical (unpaired) electrons. The molecular formula is C2H2Ca3O12P2. The van der Waals surface area contributed by atoms with Gasteiger partial charge in [0.25, 0.3) is 0 Å². The number of carboxylic acids is 2. The molecule has 0 aliphatic heterocycles. The fourth-order valence-electron chi connectivity index (χ4n) is 0. The molecule has 0 fully saturated rings. The summed E-state index contributed by atoms with van der Waals surface area (Å²) in [6.45, 7) is 0. The van der Waals surface area contributed by atoms with Crippen molar-refractivity contribution in [2.75, 3.05) is 0 Å². The van der Waals surface area contributed by atoms with Crippen LogP contribution < -0.4 is 29.4 Å². The van der Waals surface area contributed by atoms with Gasteiger partial charge < -0.3 is 48.7 Å². The number of hydrogen-bond acceptors (Lipinski definition) is 10. The molecular weight excluding hydrogens is 398 g/mol. The Morgan fingerprint density at radius 2 is 0.684 bits per heavy atom. The SMILES string of the molecule is O=C(O)C(=O)O.O=P([O-])([O-])[O-].O=P([O-])([O-])[O-].[Ca+2].[Ca+2].[Ca+2]. The third-order valence-electron chi connectivity index (χ3n) is 0.183. The van der Waals surface area contributed by atoms with E-state index in [-0.39, 0.29) is 113 Å². The molecule has 0 rings (SSSR count). The maximum atomic E-state index is 9.10. The molecule has 0 atom stereocenters. The average Bonchev–Trinajstić information content (AvgIpc) is 1.77. The minimum Gasteiger partial charge on any atom is -0.822 e. The zero-order chi connectivity index (χ0) is 14.2. The summed E-state index contributed by atoms with van der Waals surface area (Å²) in [4.78, 5) is 69.5. The van der Waals surface area contributed by atoms with E-state index in [0.717, 1.165) is 0 Å². The molecule has 0 aromatic rings. The van der Waals surface area contributed by atoms with Gasteiger partial charge in [-0.3, -0.25) is 0 Å². The Hall–Kier alpha value is 2.94. The van der Waals surface area contributed by atoms with Crippen LogP contribution in [0.1, 0.15) is 0 Å². The Morgan fingerprint density at radius 3 is 0.684 bits per heavy atom. The second-order valence-corrected chi connectivity index (χ2v) is 3.29. The van der Waals surface area contributed by atoms with Crippen LogP contribution >= 0.6 is 15.6 Å². The second-order valence-electron chi connectivity index (χ2n) is 1.50. The number of hydrogen-bond donors (Lipinski definition) is 2. The van der Waals surface area contributed by atoms with E-state index in [4.69, 9.17) is 58.3 Å². The van der Waals surface area contributed by atoms with Crippen LogP contribution in [0.25, 0.3) is 0 Å². The van der Waals surface area contributed by atoms with Crippen LogP contribution in [0.15, 0.2) is 0 Å². The Labute approximate surface area is 195 Å². The zero-order valence-electron chi connectivity index (χ0n) is 8.99. The zero-order valence-corrected chi connectivity index (χ0v) is 17.4. The van der Waals surface area contributed by atoms with Crippen LogP contribution in [0.2, 0.25) is 0 Å². The summed E-state index contributed by atoms with van der Waals surface area (Å²) >= 11 is 0. The van der Waals surface area contributed by atoms with Gasteiger partial charge in [0.1, 0.15) is 0 Å². The molecule has 12 nitrogen and oxygen atoms in total. The predicted octanol–water partition coefficient (Wildman–Crippen LogP) is -7.64. The van der Waals surface area contributed by atoms with Crippen LogP contribution in [0, 0.1) is 0 Å². The molecule has 0 saturated heterocycles. The first kappa shape index (κ1) is 37.9. The van der Waals surface area contributed by atoms with Gasteiger partial charge in [0.2, 0.25) is 0 Å². The van der Waals surface area contributed by atoms with Crippen LogP contribution in [0.4, 0.5) is 0 Å². The van der Waals surface area contributed by atoms with E-state index in [0.29, 0.717) is 0 Å². The first-order valence-electron chi connectivity index (χ1n) is 2.57. The topological polar surface area (TPSA) is 247 Å². The fourth-order valence-corrected chi connectivity index (χ4v) is 0.